The van der Waals surface area contributed by atoms with Crippen molar-refractivity contribution < 1.29 is 24.2 Å². The summed E-state index contributed by atoms with van der Waals surface area (Å²) in [5.74, 6) is -0.721. The van der Waals surface area contributed by atoms with Crippen molar-refractivity contribution in [3.63, 3.8) is 0 Å². The van der Waals surface area contributed by atoms with Crippen molar-refractivity contribution in [2.75, 3.05) is 0 Å². The summed E-state index contributed by atoms with van der Waals surface area (Å²) in [4.78, 5) is 28.7. The first-order chi connectivity index (χ1) is 16.0. The van der Waals surface area contributed by atoms with E-state index in [-0.39, 0.29) is 30.1 Å². The van der Waals surface area contributed by atoms with Gasteiger partial charge in [0.05, 0.1) is 0 Å². The summed E-state index contributed by atoms with van der Waals surface area (Å²) >= 11 is 0. The van der Waals surface area contributed by atoms with E-state index in [4.69, 9.17) is 9.47 Å². The summed E-state index contributed by atoms with van der Waals surface area (Å²) in [5, 5.41) is 11.0. The lowest BCUT2D eigenvalue weighted by Crippen LogP contribution is -2.41. The van der Waals surface area contributed by atoms with Crippen molar-refractivity contribution in [2.24, 2.45) is 11.8 Å². The number of aromatic nitrogens is 1. The highest BCUT2D eigenvalue weighted by Crippen LogP contribution is 2.28. The predicted molar refractivity (Wildman–Crippen MR) is 133 cm³/mol. The summed E-state index contributed by atoms with van der Waals surface area (Å²) < 4.78 is 11.3. The van der Waals surface area contributed by atoms with Crippen molar-refractivity contribution in [3.8, 4) is 0 Å². The molecule has 2 heterocycles. The van der Waals surface area contributed by atoms with Gasteiger partial charge >= 0.3 is 11.9 Å². The third-order valence-electron chi connectivity index (χ3n) is 6.25. The maximum absolute atomic E-state index is 12.7. The van der Waals surface area contributed by atoms with Gasteiger partial charge in [-0.25, -0.2) is 0 Å². The van der Waals surface area contributed by atoms with Crippen LogP contribution in [-0.2, 0) is 19.1 Å². The van der Waals surface area contributed by atoms with Crippen LogP contribution in [0.25, 0.3) is 0 Å². The summed E-state index contributed by atoms with van der Waals surface area (Å²) in [5.41, 5.74) is 0.649. The zero-order valence-corrected chi connectivity index (χ0v) is 21.2. The van der Waals surface area contributed by atoms with E-state index in [1.54, 1.807) is 19.2 Å². The van der Waals surface area contributed by atoms with Gasteiger partial charge in [-0.1, -0.05) is 51.1 Å². The molecule has 2 rings (SSSR count). The van der Waals surface area contributed by atoms with Crippen LogP contribution in [0.4, 0.5) is 0 Å². The first-order valence-electron chi connectivity index (χ1n) is 12.0. The second-order valence-electron chi connectivity index (χ2n) is 9.73. The van der Waals surface area contributed by atoms with Gasteiger partial charge in [-0.2, -0.15) is 0 Å². The first kappa shape index (κ1) is 27.5. The third-order valence-corrected chi connectivity index (χ3v) is 6.25. The second-order valence-corrected chi connectivity index (χ2v) is 9.73. The van der Waals surface area contributed by atoms with Crippen LogP contribution in [0.5, 0.6) is 0 Å². The van der Waals surface area contributed by atoms with Gasteiger partial charge in [-0.15, -0.1) is 0 Å². The van der Waals surface area contributed by atoms with Gasteiger partial charge in [0, 0.05) is 37.1 Å². The minimum atomic E-state index is -1.23. The van der Waals surface area contributed by atoms with Crippen LogP contribution in [0.2, 0.25) is 0 Å². The predicted octanol–water partition coefficient (Wildman–Crippen LogP) is 5.29. The number of hydrogen-bond acceptors (Lipinski definition) is 6. The van der Waals surface area contributed by atoms with Crippen LogP contribution in [0.1, 0.15) is 72.4 Å². The maximum atomic E-state index is 12.7. The van der Waals surface area contributed by atoms with Crippen molar-refractivity contribution >= 4 is 11.9 Å². The number of aliphatic hydroxyl groups is 1. The zero-order chi connectivity index (χ0) is 25.3. The zero-order valence-electron chi connectivity index (χ0n) is 21.2. The Morgan fingerprint density at radius 2 is 2.03 bits per heavy atom. The smallest absolute Gasteiger partial charge is 0.306 e. The number of allylic oxidation sites excluding steroid dienone is 3. The molecule has 1 aliphatic rings. The normalized spacial score (nSPS) is 31.1. The molecular formula is C28H39NO5. The fourth-order valence-corrected chi connectivity index (χ4v) is 4.01. The Morgan fingerprint density at radius 1 is 1.29 bits per heavy atom. The molecule has 0 radical (unpaired) electrons. The molecule has 0 unspecified atom stereocenters. The number of esters is 2. The Bertz CT molecular complexity index is 903. The number of hydrogen-bond donors (Lipinski definition) is 1. The van der Waals surface area contributed by atoms with E-state index in [0.717, 1.165) is 11.3 Å². The highest BCUT2D eigenvalue weighted by Gasteiger charge is 2.34. The molecule has 186 valence electrons. The van der Waals surface area contributed by atoms with Crippen molar-refractivity contribution in [3.05, 3.63) is 66.0 Å². The summed E-state index contributed by atoms with van der Waals surface area (Å²) in [6.07, 6.45) is 11.3. The van der Waals surface area contributed by atoms with Crippen LogP contribution in [-0.4, -0.2) is 39.8 Å². The number of carbonyl (C=O) groups is 2. The fraction of sp³-hybridized carbons (Fsp3) is 0.536. The molecule has 0 saturated carbocycles. The van der Waals surface area contributed by atoms with E-state index >= 15 is 0 Å². The van der Waals surface area contributed by atoms with Crippen LogP contribution < -0.4 is 0 Å². The average Bonchev–Trinajstić information content (AvgIpc) is 2.78. The molecule has 0 aliphatic carbocycles. The molecule has 1 N–H and O–H groups in total. The minimum absolute atomic E-state index is 0.0275. The lowest BCUT2D eigenvalue weighted by Gasteiger charge is -2.32. The number of rotatable bonds is 5. The Balaban J connectivity index is 2.29. The van der Waals surface area contributed by atoms with Crippen molar-refractivity contribution in [1.82, 2.24) is 4.98 Å². The van der Waals surface area contributed by atoms with E-state index in [1.807, 2.05) is 57.2 Å². The lowest BCUT2D eigenvalue weighted by molar-refractivity contribution is -0.156. The monoisotopic (exact) mass is 469 g/mol. The molecule has 0 bridgehead atoms. The summed E-state index contributed by atoms with van der Waals surface area (Å²) in [7, 11) is 0. The van der Waals surface area contributed by atoms with Gasteiger partial charge in [-0.3, -0.25) is 14.6 Å². The molecule has 0 fully saturated rings. The Labute approximate surface area is 203 Å². The molecule has 6 nitrogen and oxygen atoms in total. The summed E-state index contributed by atoms with van der Waals surface area (Å²) in [6.45, 7) is 10.9. The Kier molecular flexibility index (Phi) is 10.2. The molecule has 1 aliphatic heterocycles. The van der Waals surface area contributed by atoms with Gasteiger partial charge in [0.25, 0.3) is 0 Å². The molecule has 1 aromatic heterocycles. The number of pyridine rings is 1. The lowest BCUT2D eigenvalue weighted by atomic mass is 9.87. The SMILES string of the molecule is CC(=O)O[C@H]1/C=C/[C@H](C)[C@@H](/C(C)=C/C=C/[C@@H](C)c2ccccn2)OC(=O)C[C@H](C)CC[C@@]1(C)O. The quantitative estimate of drug-likeness (QED) is 0.358. The van der Waals surface area contributed by atoms with Crippen LogP contribution in [0.3, 0.4) is 0 Å². The van der Waals surface area contributed by atoms with E-state index < -0.39 is 23.8 Å². The third kappa shape index (κ3) is 8.56. The molecule has 0 aromatic carbocycles. The molecule has 6 atom stereocenters. The van der Waals surface area contributed by atoms with Crippen LogP contribution in [0.15, 0.2) is 60.3 Å². The van der Waals surface area contributed by atoms with Gasteiger partial charge in [0.2, 0.25) is 0 Å². The molecule has 6 heteroatoms. The standard InChI is InChI=1S/C28H39NO5/c1-19-15-16-28(6,32)25(33-23(5)30)14-13-22(4)27(34-26(31)18-19)21(3)11-9-10-20(2)24-12-7-8-17-29-24/h7-14,17,19-20,22,25,27,32H,15-16,18H2,1-6H3/b10-9+,14-13+,21-11+/t19-,20-,22+,25+,27-,28-/m1/s1. The van der Waals surface area contributed by atoms with E-state index in [1.165, 1.54) is 6.92 Å². The number of carbonyl (C=O) groups excluding carboxylic acids is 2. The molecule has 1 aromatic rings. The average molecular weight is 470 g/mol. The van der Waals surface area contributed by atoms with Gasteiger partial charge in [0.1, 0.15) is 17.8 Å². The number of cyclic esters (lactones) is 1. The first-order valence-corrected chi connectivity index (χ1v) is 12.0. The topological polar surface area (TPSA) is 85.7 Å². The number of nitrogens with zero attached hydrogens (tertiary/aromatic N) is 1. The highest BCUT2D eigenvalue weighted by molar-refractivity contribution is 5.70. The van der Waals surface area contributed by atoms with E-state index in [0.29, 0.717) is 12.8 Å². The fourth-order valence-electron chi connectivity index (χ4n) is 4.01. The van der Waals surface area contributed by atoms with Gasteiger partial charge in [-0.05, 0) is 56.4 Å². The Hall–Kier alpha value is -2.73. The van der Waals surface area contributed by atoms with Crippen molar-refractivity contribution in [2.45, 2.75) is 84.5 Å². The van der Waals surface area contributed by atoms with E-state index in [9.17, 15) is 14.7 Å². The highest BCUT2D eigenvalue weighted by atomic mass is 16.6. The molecule has 0 spiro atoms. The maximum Gasteiger partial charge on any atom is 0.306 e. The Morgan fingerprint density at radius 3 is 2.68 bits per heavy atom. The largest absolute Gasteiger partial charge is 0.457 e. The van der Waals surface area contributed by atoms with Gasteiger partial charge < -0.3 is 14.6 Å². The number of ether oxygens (including phenoxy) is 2. The summed E-state index contributed by atoms with van der Waals surface area (Å²) in [6, 6.07) is 5.85. The van der Waals surface area contributed by atoms with Crippen LogP contribution in [0, 0.1) is 11.8 Å². The molecular weight excluding hydrogens is 430 g/mol. The van der Waals surface area contributed by atoms with Gasteiger partial charge in [0.15, 0.2) is 0 Å². The van der Waals surface area contributed by atoms with Crippen molar-refractivity contribution in [1.29, 1.82) is 0 Å². The molecule has 0 amide bonds. The minimum Gasteiger partial charge on any atom is -0.457 e. The second kappa shape index (κ2) is 12.7. The molecule has 34 heavy (non-hydrogen) atoms. The van der Waals surface area contributed by atoms with Crippen LogP contribution >= 0.6 is 0 Å². The molecule has 0 saturated heterocycles. The van der Waals surface area contributed by atoms with E-state index in [2.05, 4.69) is 18.0 Å².